The topological polar surface area (TPSA) is 116 Å². The van der Waals surface area contributed by atoms with Gasteiger partial charge in [0.15, 0.2) is 0 Å². The number of carboxylic acid groups (broad SMARTS) is 1. The third-order valence-corrected chi connectivity index (χ3v) is 8.94. The van der Waals surface area contributed by atoms with Crippen LogP contribution < -0.4 is 16.0 Å². The Morgan fingerprint density at radius 3 is 2.10 bits per heavy atom. The fourth-order valence-electron chi connectivity index (χ4n) is 6.68. The molecule has 0 spiro atoms. The van der Waals surface area contributed by atoms with Gasteiger partial charge in [-0.25, -0.2) is 4.79 Å². The van der Waals surface area contributed by atoms with Crippen LogP contribution in [0.15, 0.2) is 36.7 Å². The molecule has 210 valence electrons. The second-order valence-electron chi connectivity index (χ2n) is 11.6. The number of aryl methyl sites for hydroxylation is 2. The van der Waals surface area contributed by atoms with Gasteiger partial charge in [-0.2, -0.15) is 0 Å². The number of rotatable bonds is 11. The van der Waals surface area contributed by atoms with E-state index in [0.29, 0.717) is 31.3 Å². The van der Waals surface area contributed by atoms with Crippen LogP contribution in [0.25, 0.3) is 0 Å². The number of aromatic nitrogens is 2. The molecule has 8 nitrogen and oxygen atoms in total. The van der Waals surface area contributed by atoms with Gasteiger partial charge >= 0.3 is 5.97 Å². The van der Waals surface area contributed by atoms with Crippen LogP contribution >= 0.6 is 0 Å². The number of pyridine rings is 2. The van der Waals surface area contributed by atoms with E-state index >= 15 is 0 Å². The van der Waals surface area contributed by atoms with Crippen LogP contribution in [0.1, 0.15) is 98.8 Å². The maximum absolute atomic E-state index is 13.0. The predicted octanol–water partition coefficient (Wildman–Crippen LogP) is 4.27. The first-order valence-corrected chi connectivity index (χ1v) is 15.0. The molecule has 0 aliphatic heterocycles. The zero-order chi connectivity index (χ0) is 27.0. The minimum atomic E-state index is -0.952. The zero-order valence-electron chi connectivity index (χ0n) is 22.9. The molecule has 5 rings (SSSR count). The van der Waals surface area contributed by atoms with E-state index in [2.05, 4.69) is 38.1 Å². The first-order valence-electron chi connectivity index (χ1n) is 15.0. The highest BCUT2D eigenvalue weighted by Gasteiger charge is 2.30. The molecule has 3 atom stereocenters. The highest BCUT2D eigenvalue weighted by Crippen LogP contribution is 2.32. The van der Waals surface area contributed by atoms with Crippen LogP contribution in [-0.4, -0.2) is 46.1 Å². The molecule has 0 bridgehead atoms. The van der Waals surface area contributed by atoms with Crippen molar-refractivity contribution in [1.82, 2.24) is 25.9 Å². The van der Waals surface area contributed by atoms with Crippen molar-refractivity contribution in [2.45, 2.75) is 95.2 Å². The molecule has 2 aromatic rings. The zero-order valence-corrected chi connectivity index (χ0v) is 22.9. The molecule has 0 aromatic carbocycles. The predicted molar refractivity (Wildman–Crippen MR) is 150 cm³/mol. The van der Waals surface area contributed by atoms with Crippen molar-refractivity contribution in [3.8, 4) is 0 Å². The molecule has 1 fully saturated rings. The minimum absolute atomic E-state index is 0.0943. The molecule has 3 aliphatic carbocycles. The Morgan fingerprint density at radius 2 is 1.49 bits per heavy atom. The molecule has 0 saturated heterocycles. The van der Waals surface area contributed by atoms with E-state index in [9.17, 15) is 14.7 Å². The van der Waals surface area contributed by atoms with Gasteiger partial charge < -0.3 is 21.1 Å². The van der Waals surface area contributed by atoms with Crippen molar-refractivity contribution in [3.05, 3.63) is 59.2 Å². The lowest BCUT2D eigenvalue weighted by molar-refractivity contribution is -0.143. The molecule has 4 N–H and O–H groups in total. The van der Waals surface area contributed by atoms with Crippen molar-refractivity contribution in [2.24, 2.45) is 11.8 Å². The summed E-state index contributed by atoms with van der Waals surface area (Å²) in [6.45, 7) is 1.65. The molecule has 39 heavy (non-hydrogen) atoms. The summed E-state index contributed by atoms with van der Waals surface area (Å²) in [5.74, 6) is -0.600. The maximum atomic E-state index is 13.0. The molecule has 0 unspecified atom stereocenters. The van der Waals surface area contributed by atoms with Gasteiger partial charge in [0.2, 0.25) is 5.91 Å². The standard InChI is InChI=1S/C31H43N5O3/c37-30(24-15-13-21(14-16-24)20-35-26-11-2-7-23-9-4-19-34-29(23)26)36-27(31(38)39)12-5-17-32-25-10-1-6-22-8-3-18-33-28(22)25/h3-4,8-9,18-19,21,24-27,32,35H,1-2,5-7,10-17,20H2,(H,36,37)(H,38,39)/t21?,24?,25-,26-,27-/m0/s1. The van der Waals surface area contributed by atoms with Crippen molar-refractivity contribution in [1.29, 1.82) is 0 Å². The highest BCUT2D eigenvalue weighted by atomic mass is 16.4. The average Bonchev–Trinajstić information content (AvgIpc) is 2.97. The Kier molecular flexibility index (Phi) is 9.58. The number of nitrogens with one attached hydrogen (secondary N) is 3. The van der Waals surface area contributed by atoms with Crippen LogP contribution in [0.2, 0.25) is 0 Å². The lowest BCUT2D eigenvalue weighted by Gasteiger charge is -2.31. The van der Waals surface area contributed by atoms with Gasteiger partial charge in [-0.15, -0.1) is 0 Å². The lowest BCUT2D eigenvalue weighted by atomic mass is 9.81. The molecule has 0 radical (unpaired) electrons. The monoisotopic (exact) mass is 533 g/mol. The van der Waals surface area contributed by atoms with E-state index in [1.54, 1.807) is 0 Å². The van der Waals surface area contributed by atoms with E-state index in [-0.39, 0.29) is 17.9 Å². The van der Waals surface area contributed by atoms with E-state index in [1.807, 2.05) is 24.5 Å². The van der Waals surface area contributed by atoms with Gasteiger partial charge in [-0.1, -0.05) is 12.1 Å². The first-order chi connectivity index (χ1) is 19.1. The SMILES string of the molecule is O=C(N[C@@H](CCCN[C@H]1CCCc2cccnc21)C(=O)O)C1CCC(CN[C@H]2CCCc3cccnc32)CC1. The van der Waals surface area contributed by atoms with Crippen LogP contribution in [0, 0.1) is 11.8 Å². The largest absolute Gasteiger partial charge is 0.480 e. The van der Waals surface area contributed by atoms with E-state index < -0.39 is 12.0 Å². The Morgan fingerprint density at radius 1 is 0.872 bits per heavy atom. The smallest absolute Gasteiger partial charge is 0.326 e. The summed E-state index contributed by atoms with van der Waals surface area (Å²) in [6, 6.07) is 8.05. The minimum Gasteiger partial charge on any atom is -0.480 e. The number of carboxylic acids is 1. The fourth-order valence-corrected chi connectivity index (χ4v) is 6.68. The third kappa shape index (κ3) is 7.22. The summed E-state index contributed by atoms with van der Waals surface area (Å²) in [7, 11) is 0. The van der Waals surface area contributed by atoms with Crippen LogP contribution in [0.3, 0.4) is 0 Å². The number of nitrogens with zero attached hydrogens (tertiary/aromatic N) is 2. The third-order valence-electron chi connectivity index (χ3n) is 8.94. The maximum Gasteiger partial charge on any atom is 0.326 e. The van der Waals surface area contributed by atoms with Gasteiger partial charge in [0, 0.05) is 30.4 Å². The van der Waals surface area contributed by atoms with Crippen LogP contribution in [-0.2, 0) is 22.4 Å². The lowest BCUT2D eigenvalue weighted by Crippen LogP contribution is -2.45. The Bertz CT molecular complexity index is 1120. The van der Waals surface area contributed by atoms with Crippen molar-refractivity contribution < 1.29 is 14.7 Å². The van der Waals surface area contributed by atoms with E-state index in [4.69, 9.17) is 0 Å². The molecule has 2 heterocycles. The Hall–Kier alpha value is -2.84. The van der Waals surface area contributed by atoms with Crippen LogP contribution in [0.4, 0.5) is 0 Å². The number of hydrogen-bond donors (Lipinski definition) is 4. The molecular weight excluding hydrogens is 490 g/mol. The summed E-state index contributed by atoms with van der Waals surface area (Å²) in [4.78, 5) is 34.0. The van der Waals surface area contributed by atoms with Gasteiger partial charge in [-0.3, -0.25) is 14.8 Å². The molecule has 3 aliphatic rings. The van der Waals surface area contributed by atoms with Crippen molar-refractivity contribution in [3.63, 3.8) is 0 Å². The normalized spacial score (nSPS) is 25.2. The number of fused-ring (bicyclic) bond motifs is 2. The number of carbonyl (C=O) groups is 2. The van der Waals surface area contributed by atoms with Crippen molar-refractivity contribution >= 4 is 11.9 Å². The van der Waals surface area contributed by atoms with Gasteiger partial charge in [0.05, 0.1) is 11.4 Å². The summed E-state index contributed by atoms with van der Waals surface area (Å²) in [5.41, 5.74) is 4.99. The summed E-state index contributed by atoms with van der Waals surface area (Å²) in [6.07, 6.45) is 15.1. The fraction of sp³-hybridized carbons (Fsp3) is 0.613. The van der Waals surface area contributed by atoms with Gasteiger partial charge in [0.25, 0.3) is 0 Å². The first kappa shape index (κ1) is 27.7. The van der Waals surface area contributed by atoms with E-state index in [0.717, 1.165) is 70.0 Å². The molecule has 8 heteroatoms. The van der Waals surface area contributed by atoms with E-state index in [1.165, 1.54) is 23.2 Å². The molecule has 1 saturated carbocycles. The number of hydrogen-bond acceptors (Lipinski definition) is 6. The van der Waals surface area contributed by atoms with Gasteiger partial charge in [-0.05, 0) is 119 Å². The van der Waals surface area contributed by atoms with Gasteiger partial charge in [0.1, 0.15) is 6.04 Å². The number of carbonyl (C=O) groups excluding carboxylic acids is 1. The highest BCUT2D eigenvalue weighted by molar-refractivity contribution is 5.85. The summed E-state index contributed by atoms with van der Waals surface area (Å²) < 4.78 is 0. The second kappa shape index (κ2) is 13.5. The second-order valence-corrected chi connectivity index (χ2v) is 11.6. The summed E-state index contributed by atoms with van der Waals surface area (Å²) in [5, 5.41) is 19.9. The number of amides is 1. The van der Waals surface area contributed by atoms with Crippen LogP contribution in [0.5, 0.6) is 0 Å². The summed E-state index contributed by atoms with van der Waals surface area (Å²) >= 11 is 0. The average molecular weight is 534 g/mol. The Labute approximate surface area is 231 Å². The number of aliphatic carboxylic acids is 1. The Balaban J connectivity index is 1.02. The molecule has 2 aromatic heterocycles. The molecule has 1 amide bonds. The van der Waals surface area contributed by atoms with Crippen molar-refractivity contribution in [2.75, 3.05) is 13.1 Å². The quantitative estimate of drug-likeness (QED) is 0.319. The molecular formula is C31H43N5O3.